The van der Waals surface area contributed by atoms with Crippen LogP contribution in [0.1, 0.15) is 27.6 Å². The molecule has 1 rings (SSSR count). The Balaban J connectivity index is 3.66. The number of ether oxygens (including phenoxy) is 1. The van der Waals surface area contributed by atoms with Gasteiger partial charge in [-0.3, -0.25) is 19.7 Å². The Morgan fingerprint density at radius 1 is 1.50 bits per heavy atom. The molecule has 0 aliphatic heterocycles. The molecule has 0 aliphatic rings. The molecule has 0 unspecified atom stereocenters. The number of ketones is 1. The highest BCUT2D eigenvalue weighted by Crippen LogP contribution is 2.32. The molecule has 1 aromatic carbocycles. The fraction of sp³-hybridized carbons (Fsp3) is 0.200. The van der Waals surface area contributed by atoms with E-state index in [1.54, 1.807) is 0 Å². The second kappa shape index (κ2) is 4.52. The lowest BCUT2D eigenvalue weighted by molar-refractivity contribution is -0.386. The molecule has 0 aliphatic carbocycles. The molecular weight excluding hydrogens is 214 g/mol. The average molecular weight is 223 g/mol. The number of hydrogen-bond donors (Lipinski definition) is 0. The van der Waals surface area contributed by atoms with Crippen LogP contribution in [0.2, 0.25) is 0 Å². The summed E-state index contributed by atoms with van der Waals surface area (Å²) in [4.78, 5) is 32.1. The number of hydrogen-bond acceptors (Lipinski definition) is 5. The van der Waals surface area contributed by atoms with Gasteiger partial charge >= 0.3 is 5.69 Å². The van der Waals surface area contributed by atoms with E-state index in [1.165, 1.54) is 19.2 Å². The fourth-order valence-electron chi connectivity index (χ4n) is 1.40. The normalized spacial score (nSPS) is 9.62. The molecule has 0 amide bonds. The number of carbonyl (C=O) groups is 2. The van der Waals surface area contributed by atoms with E-state index in [0.717, 1.165) is 6.92 Å². The van der Waals surface area contributed by atoms with E-state index >= 15 is 0 Å². The van der Waals surface area contributed by atoms with E-state index in [-0.39, 0.29) is 16.9 Å². The van der Waals surface area contributed by atoms with E-state index in [1.807, 2.05) is 0 Å². The number of rotatable bonds is 4. The second-order valence-corrected chi connectivity index (χ2v) is 3.01. The minimum absolute atomic E-state index is 0.0139. The Labute approximate surface area is 91.0 Å². The largest absolute Gasteiger partial charge is 0.490 e. The number of nitrogens with zero attached hydrogens (tertiary/aromatic N) is 1. The van der Waals surface area contributed by atoms with E-state index in [2.05, 4.69) is 0 Å². The number of methoxy groups -OCH3 is 1. The molecule has 16 heavy (non-hydrogen) atoms. The van der Waals surface area contributed by atoms with Crippen molar-refractivity contribution in [2.24, 2.45) is 0 Å². The van der Waals surface area contributed by atoms with Gasteiger partial charge in [0.2, 0.25) is 0 Å². The van der Waals surface area contributed by atoms with Gasteiger partial charge in [0.1, 0.15) is 5.56 Å². The van der Waals surface area contributed by atoms with Crippen LogP contribution < -0.4 is 4.74 Å². The second-order valence-electron chi connectivity index (χ2n) is 3.01. The molecule has 0 spiro atoms. The van der Waals surface area contributed by atoms with Crippen LogP contribution in [-0.2, 0) is 0 Å². The van der Waals surface area contributed by atoms with Gasteiger partial charge in [0.05, 0.1) is 12.0 Å². The van der Waals surface area contributed by atoms with Crippen molar-refractivity contribution in [2.45, 2.75) is 6.92 Å². The molecule has 0 atom stereocenters. The highest BCUT2D eigenvalue weighted by Gasteiger charge is 2.26. The number of nitro benzene ring substituents is 1. The first-order chi connectivity index (χ1) is 7.52. The summed E-state index contributed by atoms with van der Waals surface area (Å²) >= 11 is 0. The van der Waals surface area contributed by atoms with E-state index in [4.69, 9.17) is 4.74 Å². The molecule has 0 heterocycles. The standard InChI is InChI=1S/C10H9NO5/c1-6(13)9-7(5-12)3-4-8(16-2)10(9)11(14)15/h3-5H,1-2H3. The van der Waals surface area contributed by atoms with Crippen LogP contribution in [0.5, 0.6) is 5.75 Å². The van der Waals surface area contributed by atoms with Crippen LogP contribution in [0.3, 0.4) is 0 Å². The molecule has 0 bridgehead atoms. The van der Waals surface area contributed by atoms with Crippen molar-refractivity contribution < 1.29 is 19.2 Å². The van der Waals surface area contributed by atoms with Crippen molar-refractivity contribution >= 4 is 17.8 Å². The van der Waals surface area contributed by atoms with E-state index in [0.29, 0.717) is 6.29 Å². The van der Waals surface area contributed by atoms with Crippen molar-refractivity contribution in [2.75, 3.05) is 7.11 Å². The summed E-state index contributed by atoms with van der Waals surface area (Å²) in [6.45, 7) is 1.16. The molecule has 0 N–H and O–H groups in total. The maximum atomic E-state index is 11.3. The third-order valence-electron chi connectivity index (χ3n) is 2.05. The van der Waals surface area contributed by atoms with Gasteiger partial charge in [-0.25, -0.2) is 0 Å². The molecule has 1 aromatic rings. The molecule has 0 saturated heterocycles. The van der Waals surface area contributed by atoms with Crippen molar-refractivity contribution in [1.29, 1.82) is 0 Å². The minimum Gasteiger partial charge on any atom is -0.490 e. The fourth-order valence-corrected chi connectivity index (χ4v) is 1.40. The summed E-state index contributed by atoms with van der Waals surface area (Å²) in [5.74, 6) is -0.589. The van der Waals surface area contributed by atoms with Gasteiger partial charge in [0.15, 0.2) is 17.8 Å². The van der Waals surface area contributed by atoms with Gasteiger partial charge in [-0.1, -0.05) is 0 Å². The van der Waals surface area contributed by atoms with E-state index < -0.39 is 16.4 Å². The topological polar surface area (TPSA) is 86.5 Å². The zero-order chi connectivity index (χ0) is 12.3. The molecule has 0 aromatic heterocycles. The summed E-state index contributed by atoms with van der Waals surface area (Å²) < 4.78 is 4.79. The molecule has 6 heteroatoms. The predicted molar refractivity (Wildman–Crippen MR) is 55.0 cm³/mol. The molecule has 0 fully saturated rings. The van der Waals surface area contributed by atoms with E-state index in [9.17, 15) is 19.7 Å². The lowest BCUT2D eigenvalue weighted by Gasteiger charge is -2.06. The summed E-state index contributed by atoms with van der Waals surface area (Å²) in [6.07, 6.45) is 0.406. The van der Waals surface area contributed by atoms with Gasteiger partial charge in [-0.05, 0) is 19.1 Å². The number of benzene rings is 1. The highest BCUT2D eigenvalue weighted by atomic mass is 16.6. The number of nitro groups is 1. The zero-order valence-electron chi connectivity index (χ0n) is 8.72. The monoisotopic (exact) mass is 223 g/mol. The first-order valence-corrected chi connectivity index (χ1v) is 4.34. The van der Waals surface area contributed by atoms with Gasteiger partial charge in [0, 0.05) is 5.56 Å². The van der Waals surface area contributed by atoms with Crippen molar-refractivity contribution in [3.63, 3.8) is 0 Å². The summed E-state index contributed by atoms with van der Waals surface area (Å²) in [6, 6.07) is 2.60. The molecule has 6 nitrogen and oxygen atoms in total. The highest BCUT2D eigenvalue weighted by molar-refractivity contribution is 6.05. The van der Waals surface area contributed by atoms with Crippen molar-refractivity contribution in [3.8, 4) is 5.75 Å². The van der Waals surface area contributed by atoms with Crippen LogP contribution in [0.15, 0.2) is 12.1 Å². The van der Waals surface area contributed by atoms with Gasteiger partial charge in [-0.2, -0.15) is 0 Å². The Kier molecular flexibility index (Phi) is 3.34. The third kappa shape index (κ3) is 1.90. The number of Topliss-reactive ketones (excluding diaryl/α,β-unsaturated/α-hetero) is 1. The third-order valence-corrected chi connectivity index (χ3v) is 2.05. The van der Waals surface area contributed by atoms with Crippen LogP contribution in [-0.4, -0.2) is 24.1 Å². The lowest BCUT2D eigenvalue weighted by Crippen LogP contribution is -2.06. The Bertz CT molecular complexity index is 467. The van der Waals surface area contributed by atoms with Crippen molar-refractivity contribution in [1.82, 2.24) is 0 Å². The average Bonchev–Trinajstić information content (AvgIpc) is 2.26. The molecular formula is C10H9NO5. The quantitative estimate of drug-likeness (QED) is 0.335. The summed E-state index contributed by atoms with van der Waals surface area (Å²) in [5.41, 5.74) is -0.709. The maximum Gasteiger partial charge on any atom is 0.322 e. The smallest absolute Gasteiger partial charge is 0.322 e. The van der Waals surface area contributed by atoms with Crippen LogP contribution in [0.25, 0.3) is 0 Å². The number of carbonyl (C=O) groups excluding carboxylic acids is 2. The maximum absolute atomic E-state index is 11.3. The van der Waals surface area contributed by atoms with Gasteiger partial charge < -0.3 is 4.74 Å². The lowest BCUT2D eigenvalue weighted by atomic mass is 10.0. The van der Waals surface area contributed by atoms with Gasteiger partial charge in [-0.15, -0.1) is 0 Å². The predicted octanol–water partition coefficient (Wildman–Crippen LogP) is 1.62. The van der Waals surface area contributed by atoms with Crippen LogP contribution in [0.4, 0.5) is 5.69 Å². The molecule has 0 saturated carbocycles. The summed E-state index contributed by atoms with van der Waals surface area (Å²) in [7, 11) is 1.26. The van der Waals surface area contributed by atoms with Crippen molar-refractivity contribution in [3.05, 3.63) is 33.4 Å². The SMILES string of the molecule is COc1ccc(C=O)c(C(C)=O)c1[N+](=O)[O-]. The summed E-state index contributed by atoms with van der Waals surface area (Å²) in [5, 5.41) is 10.8. The Morgan fingerprint density at radius 3 is 2.50 bits per heavy atom. The van der Waals surface area contributed by atoms with Crippen LogP contribution in [0, 0.1) is 10.1 Å². The van der Waals surface area contributed by atoms with Crippen LogP contribution >= 0.6 is 0 Å². The Hall–Kier alpha value is -2.24. The zero-order valence-corrected chi connectivity index (χ0v) is 8.72. The van der Waals surface area contributed by atoms with Gasteiger partial charge in [0.25, 0.3) is 0 Å². The minimum atomic E-state index is -0.734. The number of aldehydes is 1. The molecule has 84 valence electrons. The first kappa shape index (κ1) is 11.8. The molecule has 0 radical (unpaired) electrons. The first-order valence-electron chi connectivity index (χ1n) is 4.34. The Morgan fingerprint density at radius 2 is 2.12 bits per heavy atom.